The van der Waals surface area contributed by atoms with Crippen molar-refractivity contribution in [3.05, 3.63) is 0 Å². The smallest absolute Gasteiger partial charge is 0.234 e. The van der Waals surface area contributed by atoms with E-state index in [4.69, 9.17) is 10.9 Å². The summed E-state index contributed by atoms with van der Waals surface area (Å²) >= 11 is 0. The minimum Gasteiger partial charge on any atom is -0.409 e. The van der Waals surface area contributed by atoms with Crippen LogP contribution in [0.2, 0.25) is 0 Å². The van der Waals surface area contributed by atoms with Crippen LogP contribution in [0.3, 0.4) is 0 Å². The van der Waals surface area contributed by atoms with Crippen LogP contribution in [0.1, 0.15) is 19.8 Å². The maximum atomic E-state index is 11.8. The number of nitrogens with zero attached hydrogens (tertiary/aromatic N) is 1. The molecule has 0 spiro atoms. The molecule has 1 fully saturated rings. The van der Waals surface area contributed by atoms with Crippen LogP contribution in [0.15, 0.2) is 5.16 Å². The quantitative estimate of drug-likeness (QED) is 0.261. The van der Waals surface area contributed by atoms with E-state index in [2.05, 4.69) is 10.5 Å². The van der Waals surface area contributed by atoms with Crippen LogP contribution in [0.25, 0.3) is 0 Å². The number of nitrogens with two attached hydrogens (primary N) is 1. The Kier molecular flexibility index (Phi) is 3.90. The Bertz CT molecular complexity index is 339. The van der Waals surface area contributed by atoms with Gasteiger partial charge in [-0.2, -0.15) is 0 Å². The highest BCUT2D eigenvalue weighted by Gasteiger charge is 2.54. The van der Waals surface area contributed by atoms with Gasteiger partial charge in [0.1, 0.15) is 5.41 Å². The Morgan fingerprint density at radius 3 is 2.62 bits per heavy atom. The van der Waals surface area contributed by atoms with Gasteiger partial charge in [-0.15, -0.1) is 0 Å². The summed E-state index contributed by atoms with van der Waals surface area (Å²) in [6, 6.07) is -0.178. The van der Waals surface area contributed by atoms with Gasteiger partial charge in [0.15, 0.2) is 5.84 Å². The lowest BCUT2D eigenvalue weighted by Gasteiger charge is -2.17. The number of rotatable bonds is 5. The zero-order valence-electron chi connectivity index (χ0n) is 9.40. The van der Waals surface area contributed by atoms with Gasteiger partial charge in [0.2, 0.25) is 5.91 Å². The molecule has 2 atom stereocenters. The summed E-state index contributed by atoms with van der Waals surface area (Å²) in [5, 5.41) is 14.2. The van der Waals surface area contributed by atoms with Gasteiger partial charge in [-0.3, -0.25) is 9.00 Å². The van der Waals surface area contributed by atoms with Crippen molar-refractivity contribution in [2.45, 2.75) is 25.8 Å². The van der Waals surface area contributed by atoms with E-state index >= 15 is 0 Å². The van der Waals surface area contributed by atoms with E-state index in [1.807, 2.05) is 0 Å². The molecule has 16 heavy (non-hydrogen) atoms. The Labute approximate surface area is 96.7 Å². The molecule has 1 saturated carbocycles. The second-order valence-corrected chi connectivity index (χ2v) is 5.66. The minimum atomic E-state index is -0.957. The van der Waals surface area contributed by atoms with Crippen molar-refractivity contribution < 1.29 is 14.2 Å². The van der Waals surface area contributed by atoms with Crippen molar-refractivity contribution in [1.29, 1.82) is 0 Å². The molecular weight excluding hydrogens is 230 g/mol. The monoisotopic (exact) mass is 247 g/mol. The second-order valence-electron chi connectivity index (χ2n) is 4.18. The van der Waals surface area contributed by atoms with E-state index in [1.165, 1.54) is 0 Å². The molecule has 1 aliphatic rings. The van der Waals surface area contributed by atoms with Crippen LogP contribution >= 0.6 is 0 Å². The summed E-state index contributed by atoms with van der Waals surface area (Å²) in [5.74, 6) is 0.105. The first kappa shape index (κ1) is 13.0. The van der Waals surface area contributed by atoms with Gasteiger partial charge in [0, 0.05) is 28.9 Å². The van der Waals surface area contributed by atoms with Gasteiger partial charge in [0.05, 0.1) is 0 Å². The highest BCUT2D eigenvalue weighted by molar-refractivity contribution is 7.84. The zero-order valence-corrected chi connectivity index (χ0v) is 10.2. The molecule has 0 radical (unpaired) electrons. The molecule has 0 bridgehead atoms. The van der Waals surface area contributed by atoms with E-state index in [9.17, 15) is 9.00 Å². The molecule has 0 aromatic carbocycles. The molecule has 0 aromatic rings. The summed E-state index contributed by atoms with van der Waals surface area (Å²) in [6.07, 6.45) is 2.77. The predicted molar refractivity (Wildman–Crippen MR) is 61.6 cm³/mol. The number of hydrogen-bond donors (Lipinski definition) is 3. The molecule has 0 heterocycles. The first-order chi connectivity index (χ1) is 7.42. The molecule has 7 heteroatoms. The third kappa shape index (κ3) is 2.72. The van der Waals surface area contributed by atoms with Gasteiger partial charge < -0.3 is 16.3 Å². The molecule has 2 unspecified atom stereocenters. The number of nitrogens with one attached hydrogen (secondary N) is 1. The lowest BCUT2D eigenvalue weighted by molar-refractivity contribution is -0.124. The maximum Gasteiger partial charge on any atom is 0.234 e. The number of carbonyl (C=O) groups is 1. The van der Waals surface area contributed by atoms with Crippen LogP contribution in [0.4, 0.5) is 0 Å². The van der Waals surface area contributed by atoms with Gasteiger partial charge in [-0.1, -0.05) is 5.16 Å². The van der Waals surface area contributed by atoms with E-state index < -0.39 is 16.2 Å². The fourth-order valence-electron chi connectivity index (χ4n) is 1.58. The normalized spacial score (nSPS) is 22.2. The lowest BCUT2D eigenvalue weighted by Crippen LogP contribution is -2.45. The lowest BCUT2D eigenvalue weighted by atomic mass is 10.1. The zero-order chi connectivity index (χ0) is 12.3. The summed E-state index contributed by atoms with van der Waals surface area (Å²) in [6.45, 7) is 1.78. The van der Waals surface area contributed by atoms with Crippen molar-refractivity contribution in [3.8, 4) is 0 Å². The first-order valence-electron chi connectivity index (χ1n) is 5.01. The van der Waals surface area contributed by atoms with Crippen LogP contribution in [0.5, 0.6) is 0 Å². The van der Waals surface area contributed by atoms with Gasteiger partial charge in [-0.05, 0) is 19.8 Å². The Balaban J connectivity index is 2.56. The summed E-state index contributed by atoms with van der Waals surface area (Å²) in [7, 11) is -0.957. The van der Waals surface area contributed by atoms with Gasteiger partial charge in [0.25, 0.3) is 0 Å². The fraction of sp³-hybridized carbons (Fsp3) is 0.778. The average Bonchev–Trinajstić information content (AvgIpc) is 2.95. The molecule has 0 aromatic heterocycles. The fourth-order valence-corrected chi connectivity index (χ4v) is 2.36. The Hall–Kier alpha value is -1.11. The molecule has 0 aliphatic heterocycles. The predicted octanol–water partition coefficient (Wildman–Crippen LogP) is -0.604. The van der Waals surface area contributed by atoms with E-state index in [0.29, 0.717) is 18.6 Å². The van der Waals surface area contributed by atoms with Crippen molar-refractivity contribution >= 4 is 22.5 Å². The van der Waals surface area contributed by atoms with Crippen molar-refractivity contribution in [1.82, 2.24) is 5.32 Å². The first-order valence-corrected chi connectivity index (χ1v) is 6.74. The van der Waals surface area contributed by atoms with Gasteiger partial charge >= 0.3 is 0 Å². The van der Waals surface area contributed by atoms with Gasteiger partial charge in [-0.25, -0.2) is 0 Å². The standard InChI is InChI=1S/C9H17N3O3S/c1-6(5-16(2)15)11-8(13)9(3-4-9)7(10)12-14/h6,14H,3-5H2,1-2H3,(H2,10,12)(H,11,13). The molecule has 6 nitrogen and oxygen atoms in total. The summed E-state index contributed by atoms with van der Waals surface area (Å²) < 4.78 is 11.0. The van der Waals surface area contributed by atoms with Crippen molar-refractivity contribution in [2.75, 3.05) is 12.0 Å². The molecule has 1 amide bonds. The second kappa shape index (κ2) is 4.82. The highest BCUT2D eigenvalue weighted by atomic mass is 32.2. The SMILES string of the molecule is CC(CS(C)=O)NC(=O)C1(C(N)=NO)CC1. The van der Waals surface area contributed by atoms with E-state index in [1.54, 1.807) is 13.2 Å². The summed E-state index contributed by atoms with van der Waals surface area (Å²) in [5.41, 5.74) is 4.64. The molecule has 1 aliphatic carbocycles. The van der Waals surface area contributed by atoms with Crippen LogP contribution in [-0.2, 0) is 15.6 Å². The Morgan fingerprint density at radius 1 is 1.69 bits per heavy atom. The molecule has 92 valence electrons. The number of amidine groups is 1. The Morgan fingerprint density at radius 2 is 2.25 bits per heavy atom. The molecule has 0 saturated heterocycles. The molecular formula is C9H17N3O3S. The summed E-state index contributed by atoms with van der Waals surface area (Å²) in [4.78, 5) is 11.8. The number of oxime groups is 1. The van der Waals surface area contributed by atoms with Crippen LogP contribution in [0, 0.1) is 5.41 Å². The van der Waals surface area contributed by atoms with Crippen LogP contribution < -0.4 is 11.1 Å². The third-order valence-corrected chi connectivity index (χ3v) is 3.61. The number of carbonyl (C=O) groups excluding carboxylic acids is 1. The van der Waals surface area contributed by atoms with E-state index in [-0.39, 0.29) is 17.8 Å². The highest BCUT2D eigenvalue weighted by Crippen LogP contribution is 2.46. The number of hydrogen-bond acceptors (Lipinski definition) is 4. The topological polar surface area (TPSA) is 105 Å². The maximum absolute atomic E-state index is 11.8. The van der Waals surface area contributed by atoms with Crippen molar-refractivity contribution in [2.24, 2.45) is 16.3 Å². The largest absolute Gasteiger partial charge is 0.409 e. The average molecular weight is 247 g/mol. The molecule has 4 N–H and O–H groups in total. The number of amides is 1. The minimum absolute atomic E-state index is 0.0465. The van der Waals surface area contributed by atoms with Crippen LogP contribution in [-0.4, -0.2) is 39.2 Å². The third-order valence-electron chi connectivity index (χ3n) is 2.64. The molecule has 1 rings (SSSR count). The van der Waals surface area contributed by atoms with E-state index in [0.717, 1.165) is 0 Å². The van der Waals surface area contributed by atoms with Crippen molar-refractivity contribution in [3.63, 3.8) is 0 Å².